The standard InChI is InChI=1S/C36H48O10/c1-10-18(2)33(39)46-32-30-31-34(6,17-42-30)26(43-20(4)37)15-27(44-21(5)38)35(31,7)25-14-28(40-9)45-24-13-23(22-11-12-41-16-22)19(3)29(24)36(25,32)8/h10-12,16,23-28,30-32H,13-15,17H2,1-9H3/b18-10-. The zero-order valence-corrected chi connectivity index (χ0v) is 28.4. The van der Waals surface area contributed by atoms with E-state index in [1.807, 2.05) is 13.0 Å². The molecule has 4 fully saturated rings. The minimum atomic E-state index is -0.808. The van der Waals surface area contributed by atoms with Gasteiger partial charge in [0, 0.05) is 67.5 Å². The molecule has 1 aromatic heterocycles. The second-order valence-corrected chi connectivity index (χ2v) is 14.7. The zero-order valence-electron chi connectivity index (χ0n) is 28.4. The van der Waals surface area contributed by atoms with Crippen LogP contribution in [0.15, 0.2) is 45.8 Å². The number of carbonyl (C=O) groups is 3. The fourth-order valence-corrected chi connectivity index (χ4v) is 10.4. The van der Waals surface area contributed by atoms with Crippen LogP contribution in [-0.4, -0.2) is 68.4 Å². The summed E-state index contributed by atoms with van der Waals surface area (Å²) < 4.78 is 43.9. The highest BCUT2D eigenvalue weighted by molar-refractivity contribution is 5.87. The van der Waals surface area contributed by atoms with E-state index in [0.717, 1.165) is 16.7 Å². The lowest BCUT2D eigenvalue weighted by Gasteiger charge is -2.66. The number of hydrogen-bond acceptors (Lipinski definition) is 10. The van der Waals surface area contributed by atoms with Gasteiger partial charge in [0.25, 0.3) is 0 Å². The van der Waals surface area contributed by atoms with Gasteiger partial charge in [0.1, 0.15) is 18.3 Å². The normalized spacial score (nSPS) is 43.2. The summed E-state index contributed by atoms with van der Waals surface area (Å²) in [5.41, 5.74) is 1.60. The van der Waals surface area contributed by atoms with Crippen LogP contribution in [-0.2, 0) is 42.8 Å². The van der Waals surface area contributed by atoms with Crippen LogP contribution in [0.3, 0.4) is 0 Å². The van der Waals surface area contributed by atoms with E-state index in [1.165, 1.54) is 13.8 Å². The molecule has 3 aliphatic carbocycles. The molecule has 2 saturated carbocycles. The van der Waals surface area contributed by atoms with Crippen molar-refractivity contribution < 1.29 is 47.2 Å². The van der Waals surface area contributed by atoms with Crippen LogP contribution in [0.1, 0.15) is 86.1 Å². The predicted molar refractivity (Wildman–Crippen MR) is 165 cm³/mol. The molecule has 10 heteroatoms. The number of fused-ring (bicyclic) bond motifs is 4. The highest BCUT2D eigenvalue weighted by Crippen LogP contribution is 2.73. The molecule has 0 amide bonds. The second-order valence-electron chi connectivity index (χ2n) is 14.7. The summed E-state index contributed by atoms with van der Waals surface area (Å²) in [6.45, 7) is 15.2. The Labute approximate surface area is 271 Å². The number of esters is 3. The molecular formula is C36H48O10. The molecule has 2 saturated heterocycles. The Hall–Kier alpha value is -2.95. The van der Waals surface area contributed by atoms with Gasteiger partial charge in [-0.25, -0.2) is 4.79 Å². The monoisotopic (exact) mass is 640 g/mol. The Kier molecular flexibility index (Phi) is 8.34. The molecule has 252 valence electrons. The van der Waals surface area contributed by atoms with E-state index in [-0.39, 0.29) is 23.9 Å². The molecule has 1 aromatic rings. The Bertz CT molecular complexity index is 1440. The summed E-state index contributed by atoms with van der Waals surface area (Å²) >= 11 is 0. The Morgan fingerprint density at radius 2 is 1.67 bits per heavy atom. The highest BCUT2D eigenvalue weighted by atomic mass is 16.7. The smallest absolute Gasteiger partial charge is 0.333 e. The average Bonchev–Trinajstić information content (AvgIpc) is 3.71. The van der Waals surface area contributed by atoms with Crippen LogP contribution in [0.2, 0.25) is 0 Å². The van der Waals surface area contributed by atoms with E-state index in [2.05, 4.69) is 27.7 Å². The molecule has 12 unspecified atom stereocenters. The van der Waals surface area contributed by atoms with Crippen molar-refractivity contribution in [2.75, 3.05) is 13.7 Å². The summed E-state index contributed by atoms with van der Waals surface area (Å²) in [5.74, 6) is -1.75. The van der Waals surface area contributed by atoms with Gasteiger partial charge < -0.3 is 32.8 Å². The average molecular weight is 641 g/mol. The van der Waals surface area contributed by atoms with Crippen LogP contribution in [0.5, 0.6) is 0 Å². The molecule has 10 nitrogen and oxygen atoms in total. The van der Waals surface area contributed by atoms with E-state index in [0.29, 0.717) is 31.4 Å². The van der Waals surface area contributed by atoms with Gasteiger partial charge in [-0.1, -0.05) is 32.4 Å². The van der Waals surface area contributed by atoms with Gasteiger partial charge in [-0.15, -0.1) is 0 Å². The molecular weight excluding hydrogens is 592 g/mol. The van der Waals surface area contributed by atoms with Crippen LogP contribution >= 0.6 is 0 Å². The first kappa shape index (κ1) is 33.0. The zero-order chi connectivity index (χ0) is 33.3. The van der Waals surface area contributed by atoms with Crippen molar-refractivity contribution >= 4 is 17.9 Å². The molecule has 0 N–H and O–H groups in total. The van der Waals surface area contributed by atoms with Crippen molar-refractivity contribution in [3.05, 3.63) is 47.0 Å². The third-order valence-corrected chi connectivity index (χ3v) is 12.4. The molecule has 46 heavy (non-hydrogen) atoms. The molecule has 6 rings (SSSR count). The van der Waals surface area contributed by atoms with Crippen molar-refractivity contribution in [1.82, 2.24) is 0 Å². The lowest BCUT2D eigenvalue weighted by atomic mass is 9.39. The van der Waals surface area contributed by atoms with Gasteiger partial charge in [-0.05, 0) is 50.3 Å². The fraction of sp³-hybridized carbons (Fsp3) is 0.694. The van der Waals surface area contributed by atoms with Gasteiger partial charge in [0.15, 0.2) is 6.29 Å². The van der Waals surface area contributed by atoms with E-state index in [4.69, 9.17) is 32.8 Å². The quantitative estimate of drug-likeness (QED) is 0.167. The number of rotatable bonds is 6. The van der Waals surface area contributed by atoms with Crippen molar-refractivity contribution in [1.29, 1.82) is 0 Å². The molecule has 5 aliphatic rings. The maximum atomic E-state index is 13.7. The number of furan rings is 1. The summed E-state index contributed by atoms with van der Waals surface area (Å²) in [6, 6.07) is 1.98. The Morgan fingerprint density at radius 1 is 0.978 bits per heavy atom. The van der Waals surface area contributed by atoms with Crippen molar-refractivity contribution in [2.45, 2.75) is 117 Å². The summed E-state index contributed by atoms with van der Waals surface area (Å²) in [5, 5.41) is 0. The Morgan fingerprint density at radius 3 is 2.28 bits per heavy atom. The van der Waals surface area contributed by atoms with Crippen LogP contribution < -0.4 is 0 Å². The number of hydrogen-bond donors (Lipinski definition) is 0. The largest absolute Gasteiger partial charge is 0.472 e. The first-order chi connectivity index (χ1) is 21.7. The maximum absolute atomic E-state index is 13.7. The second kappa shape index (κ2) is 11.6. The molecule has 2 aliphatic heterocycles. The molecule has 0 spiro atoms. The van der Waals surface area contributed by atoms with Crippen LogP contribution in [0.4, 0.5) is 0 Å². The van der Waals surface area contributed by atoms with Crippen LogP contribution in [0.25, 0.3) is 0 Å². The van der Waals surface area contributed by atoms with E-state index in [9.17, 15) is 14.4 Å². The number of allylic oxidation sites excluding steroid dienone is 2. The maximum Gasteiger partial charge on any atom is 0.333 e. The molecule has 12 atom stereocenters. The van der Waals surface area contributed by atoms with E-state index >= 15 is 0 Å². The number of carbonyl (C=O) groups excluding carboxylic acids is 3. The lowest BCUT2D eigenvalue weighted by Crippen LogP contribution is -2.72. The van der Waals surface area contributed by atoms with Gasteiger partial charge >= 0.3 is 17.9 Å². The minimum absolute atomic E-state index is 0.0321. The first-order valence-electron chi connectivity index (χ1n) is 16.4. The summed E-state index contributed by atoms with van der Waals surface area (Å²) in [6.07, 6.45) is 3.32. The first-order valence-corrected chi connectivity index (χ1v) is 16.4. The predicted octanol–water partition coefficient (Wildman–Crippen LogP) is 5.65. The molecule has 0 aromatic carbocycles. The van der Waals surface area contributed by atoms with Crippen molar-refractivity contribution in [3.63, 3.8) is 0 Å². The number of methoxy groups -OCH3 is 1. The topological polar surface area (TPSA) is 120 Å². The van der Waals surface area contributed by atoms with Crippen molar-refractivity contribution in [2.24, 2.45) is 28.1 Å². The third-order valence-electron chi connectivity index (χ3n) is 12.4. The van der Waals surface area contributed by atoms with Crippen molar-refractivity contribution in [3.8, 4) is 0 Å². The number of ether oxygens (including phenoxy) is 6. The van der Waals surface area contributed by atoms with Crippen LogP contribution in [0, 0.1) is 28.1 Å². The fourth-order valence-electron chi connectivity index (χ4n) is 10.4. The molecule has 0 bridgehead atoms. The van der Waals surface area contributed by atoms with E-state index in [1.54, 1.807) is 32.6 Å². The molecule has 3 heterocycles. The van der Waals surface area contributed by atoms with Gasteiger partial charge in [0.05, 0.1) is 31.3 Å². The minimum Gasteiger partial charge on any atom is -0.472 e. The SMILES string of the molecule is C/C=C(/C)C(=O)OC1C2OCC3(C)C(OC(C)=O)CC(OC(C)=O)C(C)(C23)C2CC(OC)OC3CC(c4ccoc4)C(C)=C3C12C. The highest BCUT2D eigenvalue weighted by Gasteiger charge is 2.77. The van der Waals surface area contributed by atoms with Gasteiger partial charge in [-0.3, -0.25) is 9.59 Å². The van der Waals surface area contributed by atoms with Gasteiger partial charge in [0.2, 0.25) is 0 Å². The molecule has 0 radical (unpaired) electrons. The van der Waals surface area contributed by atoms with Gasteiger partial charge in [-0.2, -0.15) is 0 Å². The summed E-state index contributed by atoms with van der Waals surface area (Å²) in [7, 11) is 1.65. The van der Waals surface area contributed by atoms with E-state index < -0.39 is 64.9 Å². The summed E-state index contributed by atoms with van der Waals surface area (Å²) in [4.78, 5) is 38.9. The third kappa shape index (κ3) is 4.72. The lowest BCUT2D eigenvalue weighted by molar-refractivity contribution is -0.262. The Balaban J connectivity index is 1.62.